The van der Waals surface area contributed by atoms with Crippen LogP contribution in [-0.4, -0.2) is 24.0 Å². The fraction of sp³-hybridized carbons (Fsp3) is 0.400. The molecule has 9 heteroatoms. The molecule has 1 heterocycles. The first kappa shape index (κ1) is 25.8. The maximum absolute atomic E-state index is 14.2. The molecule has 1 aromatic heterocycles. The van der Waals surface area contributed by atoms with Crippen molar-refractivity contribution in [2.45, 2.75) is 59.5 Å². The first-order chi connectivity index (χ1) is 15.6. The molecule has 0 spiro atoms. The Hall–Kier alpha value is -2.81. The molecule has 0 aliphatic carbocycles. The van der Waals surface area contributed by atoms with Crippen LogP contribution in [0.25, 0.3) is 11.4 Å². The molecule has 0 bridgehead atoms. The van der Waals surface area contributed by atoms with Crippen molar-refractivity contribution in [3.05, 3.63) is 75.9 Å². The van der Waals surface area contributed by atoms with Gasteiger partial charge in [-0.15, -0.1) is 0 Å². The number of halogens is 6. The van der Waals surface area contributed by atoms with E-state index in [-0.39, 0.29) is 16.8 Å². The molecular formula is C25H27F6N2O+. The van der Waals surface area contributed by atoms with E-state index in [9.17, 15) is 26.3 Å². The van der Waals surface area contributed by atoms with Crippen molar-refractivity contribution < 1.29 is 35.6 Å². The third kappa shape index (κ3) is 3.89. The molecule has 0 atom stereocenters. The van der Waals surface area contributed by atoms with Crippen molar-refractivity contribution in [2.24, 2.45) is 0 Å². The Kier molecular flexibility index (Phi) is 6.41. The van der Waals surface area contributed by atoms with E-state index in [1.807, 2.05) is 32.9 Å². The molecule has 0 N–H and O–H groups in total. The van der Waals surface area contributed by atoms with Gasteiger partial charge in [-0.1, -0.05) is 29.3 Å². The molecule has 0 unspecified atom stereocenters. The van der Waals surface area contributed by atoms with E-state index in [1.54, 1.807) is 23.8 Å². The van der Waals surface area contributed by atoms with Gasteiger partial charge in [-0.05, 0) is 57.4 Å². The van der Waals surface area contributed by atoms with E-state index >= 15 is 0 Å². The fourth-order valence-corrected chi connectivity index (χ4v) is 4.85. The second-order valence-corrected chi connectivity index (χ2v) is 8.69. The number of aryl methyl sites for hydroxylation is 5. The van der Waals surface area contributed by atoms with Crippen molar-refractivity contribution in [3.63, 3.8) is 0 Å². The van der Waals surface area contributed by atoms with E-state index in [0.29, 0.717) is 12.9 Å². The van der Waals surface area contributed by atoms with Crippen LogP contribution in [0.1, 0.15) is 39.2 Å². The topological polar surface area (TPSA) is 18.0 Å². The average molecular weight is 485 g/mol. The summed E-state index contributed by atoms with van der Waals surface area (Å²) >= 11 is 0. The fourth-order valence-electron chi connectivity index (χ4n) is 4.85. The third-order valence-corrected chi connectivity index (χ3v) is 6.11. The molecule has 0 fully saturated rings. The number of benzene rings is 2. The number of rotatable bonds is 4. The molecule has 0 saturated carbocycles. The summed E-state index contributed by atoms with van der Waals surface area (Å²) in [5.74, 6) is 0.442. The quantitative estimate of drug-likeness (QED) is 0.302. The first-order valence-electron chi connectivity index (χ1n) is 10.5. The number of methoxy groups -OCH3 is 1. The molecule has 3 aromatic rings. The number of nitrogens with zero attached hydrogens (tertiary/aromatic N) is 2. The highest BCUT2D eigenvalue weighted by molar-refractivity contribution is 5.54. The van der Waals surface area contributed by atoms with E-state index in [0.717, 1.165) is 28.4 Å². The van der Waals surface area contributed by atoms with Gasteiger partial charge in [-0.25, -0.2) is 0 Å². The Labute approximate surface area is 194 Å². The van der Waals surface area contributed by atoms with Gasteiger partial charge in [0.1, 0.15) is 23.8 Å². The lowest BCUT2D eigenvalue weighted by Crippen LogP contribution is -2.56. The maximum atomic E-state index is 14.2. The summed E-state index contributed by atoms with van der Waals surface area (Å²) in [5, 5.41) is 0. The van der Waals surface area contributed by atoms with Crippen LogP contribution in [0.5, 0.6) is 0 Å². The maximum Gasteiger partial charge on any atom is 0.431 e. The Morgan fingerprint density at radius 3 is 1.68 bits per heavy atom. The van der Waals surface area contributed by atoms with E-state index in [2.05, 4.69) is 4.74 Å². The van der Waals surface area contributed by atoms with Gasteiger partial charge in [-0.2, -0.15) is 35.5 Å². The van der Waals surface area contributed by atoms with Gasteiger partial charge in [0.25, 0.3) is 11.4 Å². The van der Waals surface area contributed by atoms with Crippen molar-refractivity contribution in [3.8, 4) is 11.4 Å². The second-order valence-electron chi connectivity index (χ2n) is 8.69. The highest BCUT2D eigenvalue weighted by Gasteiger charge is 2.74. The van der Waals surface area contributed by atoms with Gasteiger partial charge in [-0.3, -0.25) is 0 Å². The molecule has 3 rings (SSSR count). The van der Waals surface area contributed by atoms with E-state index < -0.39 is 23.5 Å². The summed E-state index contributed by atoms with van der Waals surface area (Å²) in [7, 11) is 0.435. The minimum absolute atomic E-state index is 0.222. The van der Waals surface area contributed by atoms with Crippen LogP contribution in [-0.2, 0) is 10.3 Å². The van der Waals surface area contributed by atoms with Gasteiger partial charge >= 0.3 is 12.4 Å². The van der Waals surface area contributed by atoms with Gasteiger partial charge in [0.15, 0.2) is 0 Å². The Bertz CT molecular complexity index is 1200. The highest BCUT2D eigenvalue weighted by atomic mass is 19.4. The van der Waals surface area contributed by atoms with Crippen LogP contribution in [0.2, 0.25) is 0 Å². The molecule has 0 amide bonds. The number of aromatic nitrogens is 2. The number of ether oxygens (including phenoxy) is 1. The molecule has 0 aliphatic heterocycles. The number of hydrogen-bond donors (Lipinski definition) is 0. The van der Waals surface area contributed by atoms with Gasteiger partial charge in [0.05, 0.1) is 5.56 Å². The predicted molar refractivity (Wildman–Crippen MR) is 117 cm³/mol. The Morgan fingerprint density at radius 1 is 0.735 bits per heavy atom. The van der Waals surface area contributed by atoms with Crippen molar-refractivity contribution in [1.29, 1.82) is 0 Å². The molecule has 3 nitrogen and oxygen atoms in total. The average Bonchev–Trinajstić information content (AvgIpc) is 3.00. The third-order valence-electron chi connectivity index (χ3n) is 6.11. The van der Waals surface area contributed by atoms with Gasteiger partial charge in [0.2, 0.25) is 0 Å². The van der Waals surface area contributed by atoms with Crippen molar-refractivity contribution in [2.75, 3.05) is 7.11 Å². The smallest absolute Gasteiger partial charge is 0.357 e. The molecule has 34 heavy (non-hydrogen) atoms. The summed E-state index contributed by atoms with van der Waals surface area (Å²) in [5.41, 5.74) is -1.48. The largest absolute Gasteiger partial charge is 0.431 e. The standard InChI is InChI=1S/C25H27F6N2O/c1-14-10-16(3)21(17(4)11-14)32-8-9-33(19(32)6)22-18(5)12-15(2)13-20(22)23(34-7,24(26,27)28)25(29,30)31/h8-13H,1-7H3/q+1. The number of alkyl halides is 6. The SMILES string of the molecule is COC(c1cc(C)cc(C)c1-n1cc[n+](-c2c(C)cc(C)cc2C)c1C)(C(F)(F)F)C(F)(F)F. The molecule has 0 saturated heterocycles. The zero-order valence-electron chi connectivity index (χ0n) is 20.0. The molecule has 0 radical (unpaired) electrons. The summed E-state index contributed by atoms with van der Waals surface area (Å²) in [6, 6.07) is 6.40. The normalized spacial score (nSPS) is 13.0. The zero-order chi connectivity index (χ0) is 25.8. The van der Waals surface area contributed by atoms with Crippen LogP contribution >= 0.6 is 0 Å². The molecular weight excluding hydrogens is 458 g/mol. The van der Waals surface area contributed by atoms with E-state index in [4.69, 9.17) is 0 Å². The highest BCUT2D eigenvalue weighted by Crippen LogP contribution is 2.54. The minimum Gasteiger partial charge on any atom is -0.357 e. The lowest BCUT2D eigenvalue weighted by molar-refractivity contribution is -0.602. The van der Waals surface area contributed by atoms with Crippen LogP contribution in [0, 0.1) is 41.5 Å². The minimum atomic E-state index is -5.75. The zero-order valence-corrected chi connectivity index (χ0v) is 20.0. The number of hydrogen-bond acceptors (Lipinski definition) is 1. The number of imidazole rings is 1. The molecule has 184 valence electrons. The Morgan fingerprint density at radius 2 is 1.21 bits per heavy atom. The summed E-state index contributed by atoms with van der Waals surface area (Å²) in [6.45, 7) is 10.4. The van der Waals surface area contributed by atoms with Crippen LogP contribution in [0.3, 0.4) is 0 Å². The van der Waals surface area contributed by atoms with Crippen molar-refractivity contribution >= 4 is 0 Å². The Balaban J connectivity index is 2.41. The van der Waals surface area contributed by atoms with Crippen molar-refractivity contribution in [1.82, 2.24) is 4.57 Å². The van der Waals surface area contributed by atoms with E-state index in [1.165, 1.54) is 24.6 Å². The van der Waals surface area contributed by atoms with Crippen LogP contribution in [0.4, 0.5) is 26.3 Å². The second kappa shape index (κ2) is 8.45. The van der Waals surface area contributed by atoms with Gasteiger partial charge in [0, 0.05) is 14.0 Å². The lowest BCUT2D eigenvalue weighted by Gasteiger charge is -2.37. The monoisotopic (exact) mass is 485 g/mol. The summed E-state index contributed by atoms with van der Waals surface area (Å²) in [6.07, 6.45) is -8.40. The summed E-state index contributed by atoms with van der Waals surface area (Å²) in [4.78, 5) is 0. The predicted octanol–water partition coefficient (Wildman–Crippen LogP) is 6.57. The van der Waals surface area contributed by atoms with Crippen LogP contribution in [0.15, 0.2) is 36.7 Å². The summed E-state index contributed by atoms with van der Waals surface area (Å²) < 4.78 is 92.5. The molecule has 2 aromatic carbocycles. The van der Waals surface area contributed by atoms with Gasteiger partial charge < -0.3 is 4.74 Å². The molecule has 0 aliphatic rings. The lowest BCUT2D eigenvalue weighted by atomic mass is 9.87. The van der Waals surface area contributed by atoms with Crippen LogP contribution < -0.4 is 4.57 Å². The first-order valence-corrected chi connectivity index (χ1v) is 10.5.